The highest BCUT2D eigenvalue weighted by Crippen LogP contribution is 2.15. The summed E-state index contributed by atoms with van der Waals surface area (Å²) in [6, 6.07) is 14.1. The molecule has 0 fully saturated rings. The summed E-state index contributed by atoms with van der Waals surface area (Å²) in [6.07, 6.45) is 0. The maximum atomic E-state index is 7.62. The summed E-state index contributed by atoms with van der Waals surface area (Å²) in [4.78, 5) is 0. The van der Waals surface area contributed by atoms with Gasteiger partial charge in [-0.05, 0) is 22.9 Å². The van der Waals surface area contributed by atoms with Gasteiger partial charge in [0, 0.05) is 5.69 Å². The lowest BCUT2D eigenvalue weighted by atomic mass is 10.1. The number of benzene rings is 2. The number of anilines is 1. The van der Waals surface area contributed by atoms with Crippen LogP contribution in [0, 0.1) is 0 Å². The Morgan fingerprint density at radius 1 is 0.867 bits per heavy atom. The van der Waals surface area contributed by atoms with Crippen molar-refractivity contribution in [3.8, 4) is 0 Å². The molecule has 0 atom stereocenters. The molecule has 4 N–H and O–H groups in total. The maximum Gasteiger partial charge on any atom is 0.0662 e. The Morgan fingerprint density at radius 2 is 1.47 bits per heavy atom. The SMILES string of the molecule is Nc1ccc2ccccc2c1.OCCO. The molecule has 3 heteroatoms. The van der Waals surface area contributed by atoms with E-state index in [2.05, 4.69) is 12.1 Å². The van der Waals surface area contributed by atoms with Gasteiger partial charge in [-0.25, -0.2) is 0 Å². The van der Waals surface area contributed by atoms with E-state index < -0.39 is 0 Å². The largest absolute Gasteiger partial charge is 0.399 e. The van der Waals surface area contributed by atoms with E-state index in [9.17, 15) is 0 Å². The van der Waals surface area contributed by atoms with Gasteiger partial charge in [-0.1, -0.05) is 30.3 Å². The van der Waals surface area contributed by atoms with Crippen LogP contribution in [0.25, 0.3) is 10.8 Å². The zero-order valence-corrected chi connectivity index (χ0v) is 8.43. The standard InChI is InChI=1S/C10H9N.C2H6O2/c11-10-6-5-8-3-1-2-4-9(8)7-10;3-1-2-4/h1-7H,11H2;3-4H,1-2H2. The average Bonchev–Trinajstić information content (AvgIpc) is 2.29. The fraction of sp³-hybridized carbons (Fsp3) is 0.167. The molecule has 0 saturated heterocycles. The van der Waals surface area contributed by atoms with Crippen LogP contribution in [0.2, 0.25) is 0 Å². The third kappa shape index (κ3) is 3.58. The molecule has 0 spiro atoms. The van der Waals surface area contributed by atoms with Gasteiger partial charge in [-0.15, -0.1) is 0 Å². The summed E-state index contributed by atoms with van der Waals surface area (Å²) in [6.45, 7) is -0.250. The predicted molar refractivity (Wildman–Crippen MR) is 62.5 cm³/mol. The number of nitrogen functional groups attached to an aromatic ring is 1. The molecule has 15 heavy (non-hydrogen) atoms. The first-order valence-electron chi connectivity index (χ1n) is 4.74. The first kappa shape index (κ1) is 11.5. The van der Waals surface area contributed by atoms with Crippen LogP contribution in [0.1, 0.15) is 0 Å². The van der Waals surface area contributed by atoms with E-state index in [-0.39, 0.29) is 13.2 Å². The van der Waals surface area contributed by atoms with Crippen molar-refractivity contribution in [3.63, 3.8) is 0 Å². The highest BCUT2D eigenvalue weighted by Gasteiger charge is 1.89. The van der Waals surface area contributed by atoms with Gasteiger partial charge in [0.15, 0.2) is 0 Å². The monoisotopic (exact) mass is 205 g/mol. The molecule has 0 unspecified atom stereocenters. The Hall–Kier alpha value is -1.58. The van der Waals surface area contributed by atoms with Gasteiger partial charge in [0.05, 0.1) is 13.2 Å². The molecule has 0 amide bonds. The highest BCUT2D eigenvalue weighted by atomic mass is 16.3. The van der Waals surface area contributed by atoms with Gasteiger partial charge in [0.25, 0.3) is 0 Å². The van der Waals surface area contributed by atoms with E-state index >= 15 is 0 Å². The van der Waals surface area contributed by atoms with Gasteiger partial charge in [-0.3, -0.25) is 0 Å². The van der Waals surface area contributed by atoms with Crippen molar-refractivity contribution in [1.82, 2.24) is 0 Å². The smallest absolute Gasteiger partial charge is 0.0662 e. The lowest BCUT2D eigenvalue weighted by Crippen LogP contribution is -1.85. The molecule has 2 aromatic carbocycles. The van der Waals surface area contributed by atoms with E-state index in [0.29, 0.717) is 0 Å². The fourth-order valence-corrected chi connectivity index (χ4v) is 1.21. The van der Waals surface area contributed by atoms with Crippen LogP contribution in [0.4, 0.5) is 5.69 Å². The Balaban J connectivity index is 0.000000245. The molecule has 0 heterocycles. The van der Waals surface area contributed by atoms with Gasteiger partial charge in [0.2, 0.25) is 0 Å². The topological polar surface area (TPSA) is 66.5 Å². The van der Waals surface area contributed by atoms with Crippen molar-refractivity contribution >= 4 is 16.5 Å². The summed E-state index contributed by atoms with van der Waals surface area (Å²) < 4.78 is 0. The van der Waals surface area contributed by atoms with Crippen LogP contribution in [-0.4, -0.2) is 23.4 Å². The molecule has 0 saturated carbocycles. The van der Waals surface area contributed by atoms with E-state index in [0.717, 1.165) is 5.69 Å². The average molecular weight is 205 g/mol. The molecule has 2 rings (SSSR count). The third-order valence-electron chi connectivity index (χ3n) is 1.87. The normalized spacial score (nSPS) is 9.47. The highest BCUT2D eigenvalue weighted by molar-refractivity contribution is 5.85. The lowest BCUT2D eigenvalue weighted by molar-refractivity contribution is 0.186. The summed E-state index contributed by atoms with van der Waals surface area (Å²) in [5.74, 6) is 0. The number of rotatable bonds is 1. The van der Waals surface area contributed by atoms with Crippen LogP contribution in [0.15, 0.2) is 42.5 Å². The molecule has 0 aliphatic rings. The molecule has 2 aromatic rings. The number of hydrogen-bond acceptors (Lipinski definition) is 3. The molecule has 80 valence electrons. The minimum Gasteiger partial charge on any atom is -0.399 e. The summed E-state index contributed by atoms with van der Waals surface area (Å²) in [5.41, 5.74) is 6.45. The van der Waals surface area contributed by atoms with Crippen LogP contribution < -0.4 is 5.73 Å². The Kier molecular flexibility index (Phi) is 4.60. The predicted octanol–water partition coefficient (Wildman–Crippen LogP) is 1.39. The summed E-state index contributed by atoms with van der Waals surface area (Å²) in [5, 5.41) is 17.7. The first-order valence-corrected chi connectivity index (χ1v) is 4.74. The second kappa shape index (κ2) is 6.01. The lowest BCUT2D eigenvalue weighted by Gasteiger charge is -1.96. The molecule has 0 aliphatic carbocycles. The van der Waals surface area contributed by atoms with Crippen LogP contribution in [0.5, 0.6) is 0 Å². The van der Waals surface area contributed by atoms with Crippen LogP contribution in [0.3, 0.4) is 0 Å². The van der Waals surface area contributed by atoms with Crippen molar-refractivity contribution in [1.29, 1.82) is 0 Å². The molecular weight excluding hydrogens is 190 g/mol. The quantitative estimate of drug-likeness (QED) is 0.616. The second-order valence-electron chi connectivity index (χ2n) is 3.05. The first-order chi connectivity index (χ1) is 7.27. The van der Waals surface area contributed by atoms with Crippen molar-refractivity contribution < 1.29 is 10.2 Å². The summed E-state index contributed by atoms with van der Waals surface area (Å²) in [7, 11) is 0. The zero-order valence-electron chi connectivity index (χ0n) is 8.43. The molecule has 3 nitrogen and oxygen atoms in total. The van der Waals surface area contributed by atoms with Gasteiger partial charge < -0.3 is 15.9 Å². The summed E-state index contributed by atoms with van der Waals surface area (Å²) >= 11 is 0. The van der Waals surface area contributed by atoms with Crippen molar-refractivity contribution in [2.75, 3.05) is 18.9 Å². The number of fused-ring (bicyclic) bond motifs is 1. The number of hydrogen-bond donors (Lipinski definition) is 3. The van der Waals surface area contributed by atoms with Crippen molar-refractivity contribution in [3.05, 3.63) is 42.5 Å². The van der Waals surface area contributed by atoms with Gasteiger partial charge >= 0.3 is 0 Å². The van der Waals surface area contributed by atoms with Gasteiger partial charge in [0.1, 0.15) is 0 Å². The second-order valence-corrected chi connectivity index (χ2v) is 3.05. The van der Waals surface area contributed by atoms with Crippen molar-refractivity contribution in [2.45, 2.75) is 0 Å². The van der Waals surface area contributed by atoms with Gasteiger partial charge in [-0.2, -0.15) is 0 Å². The van der Waals surface area contributed by atoms with E-state index in [4.69, 9.17) is 15.9 Å². The fourth-order valence-electron chi connectivity index (χ4n) is 1.21. The molecule has 0 radical (unpaired) electrons. The maximum absolute atomic E-state index is 7.62. The molecule has 0 bridgehead atoms. The minimum atomic E-state index is -0.125. The zero-order chi connectivity index (χ0) is 11.1. The van der Waals surface area contributed by atoms with E-state index in [1.807, 2.05) is 30.3 Å². The number of aliphatic hydroxyl groups is 2. The Bertz CT molecular complexity index is 413. The molecule has 0 aliphatic heterocycles. The van der Waals surface area contributed by atoms with Crippen molar-refractivity contribution in [2.24, 2.45) is 0 Å². The number of nitrogens with two attached hydrogens (primary N) is 1. The number of aliphatic hydroxyl groups excluding tert-OH is 2. The molecular formula is C12H15NO2. The van der Waals surface area contributed by atoms with E-state index in [1.165, 1.54) is 10.8 Å². The van der Waals surface area contributed by atoms with Crippen LogP contribution >= 0.6 is 0 Å². The Labute approximate surface area is 88.8 Å². The Morgan fingerprint density at radius 3 is 2.07 bits per heavy atom. The van der Waals surface area contributed by atoms with Crippen LogP contribution in [-0.2, 0) is 0 Å². The third-order valence-corrected chi connectivity index (χ3v) is 1.87. The molecule has 0 aromatic heterocycles. The minimum absolute atomic E-state index is 0.125. The van der Waals surface area contributed by atoms with E-state index in [1.54, 1.807) is 0 Å².